The van der Waals surface area contributed by atoms with Gasteiger partial charge in [0.2, 0.25) is 0 Å². The summed E-state index contributed by atoms with van der Waals surface area (Å²) < 4.78 is 0. The monoisotopic (exact) mass is 1020 g/mol. The molecule has 4 aromatic heterocycles. The zero-order valence-electron chi connectivity index (χ0n) is 32.0. The van der Waals surface area contributed by atoms with Gasteiger partial charge in [0.15, 0.2) is 0 Å². The van der Waals surface area contributed by atoms with Crippen LogP contribution in [0.4, 0.5) is 0 Å². The summed E-state index contributed by atoms with van der Waals surface area (Å²) in [6.07, 6.45) is 11.0. The van der Waals surface area contributed by atoms with Crippen LogP contribution in [-0.4, -0.2) is 15.0 Å². The van der Waals surface area contributed by atoms with E-state index in [1.54, 1.807) is 85.2 Å². The van der Waals surface area contributed by atoms with Gasteiger partial charge in [-0.25, -0.2) is 9.97 Å². The molecule has 310 valence electrons. The van der Waals surface area contributed by atoms with E-state index in [-0.39, 0.29) is 17.1 Å². The number of rotatable bonds is 4. The van der Waals surface area contributed by atoms with Gasteiger partial charge in [0.1, 0.15) is 0 Å². The number of hydrogen-bond acceptors (Lipinski definition) is 3. The van der Waals surface area contributed by atoms with Gasteiger partial charge in [-0.3, -0.25) is 4.98 Å². The average molecular weight is 1020 g/mol. The van der Waals surface area contributed by atoms with Gasteiger partial charge in [-0.2, -0.15) is 0 Å². The molecule has 4 aromatic carbocycles. The van der Waals surface area contributed by atoms with Crippen LogP contribution >= 0.6 is 92.8 Å². The second-order valence-corrected chi connectivity index (χ2v) is 17.0. The molecular weight excluding hydrogens is 998 g/mol. The van der Waals surface area contributed by atoms with Crippen LogP contribution in [0, 0.1) is 0 Å². The Balaban J connectivity index is 0.000000719. The van der Waals surface area contributed by atoms with Crippen LogP contribution in [0.5, 0.6) is 0 Å². The average Bonchev–Trinajstić information content (AvgIpc) is 4.11. The van der Waals surface area contributed by atoms with Gasteiger partial charge in [-0.05, 0) is 107 Å². The molecular formula is C49H25Cl8FeN5. The fourth-order valence-corrected chi connectivity index (χ4v) is 9.72. The van der Waals surface area contributed by atoms with E-state index in [9.17, 15) is 0 Å². The first-order valence-corrected chi connectivity index (χ1v) is 21.8. The summed E-state index contributed by atoms with van der Waals surface area (Å²) in [4.78, 5) is 24.6. The number of nitrogens with zero attached hydrogens (tertiary/aromatic N) is 5. The van der Waals surface area contributed by atoms with Crippen LogP contribution in [-0.2, 0) is 17.1 Å². The van der Waals surface area contributed by atoms with E-state index in [4.69, 9.17) is 113 Å². The third-order valence-corrected chi connectivity index (χ3v) is 12.5. The minimum absolute atomic E-state index is 0. The first kappa shape index (κ1) is 45.1. The molecule has 0 N–H and O–H groups in total. The molecule has 0 saturated carbocycles. The summed E-state index contributed by atoms with van der Waals surface area (Å²) in [5.41, 5.74) is 8.93. The van der Waals surface area contributed by atoms with E-state index in [1.807, 2.05) is 66.8 Å². The van der Waals surface area contributed by atoms with Crippen molar-refractivity contribution in [1.82, 2.24) is 24.9 Å². The van der Waals surface area contributed by atoms with Crippen LogP contribution in [0.2, 0.25) is 40.2 Å². The number of benzene rings is 4. The summed E-state index contributed by atoms with van der Waals surface area (Å²) in [6.45, 7) is 0. The quantitative estimate of drug-likeness (QED) is 0.164. The molecule has 2 aliphatic rings. The van der Waals surface area contributed by atoms with Crippen molar-refractivity contribution in [2.75, 3.05) is 0 Å². The second kappa shape index (κ2) is 19.3. The zero-order valence-corrected chi connectivity index (χ0v) is 39.2. The SMILES string of the molecule is Clc1cccc(Cl)c1-c1c2nc(c(-c3c(Cl)cccc3Cl)c3ccc([n-]3)c(-c3c(Cl)cccc3Cl)c3nc(c(-c4c(Cl)cccc4Cl)c4ccc1[n-]4)C=C3)C=C2.[Fe+2].c1ccncc1. The predicted molar refractivity (Wildman–Crippen MR) is 263 cm³/mol. The minimum atomic E-state index is 0. The van der Waals surface area contributed by atoms with E-state index in [0.717, 1.165) is 0 Å². The Morgan fingerprint density at radius 1 is 0.286 bits per heavy atom. The first-order chi connectivity index (χ1) is 30.1. The molecule has 0 amide bonds. The van der Waals surface area contributed by atoms with Gasteiger partial charge in [-0.1, -0.05) is 147 Å². The van der Waals surface area contributed by atoms with Gasteiger partial charge >= 0.3 is 17.1 Å². The topological polar surface area (TPSA) is 66.9 Å². The van der Waals surface area contributed by atoms with Crippen LogP contribution < -0.4 is 9.97 Å². The van der Waals surface area contributed by atoms with Gasteiger partial charge in [0.05, 0.1) is 22.8 Å². The molecule has 5 nitrogen and oxygen atoms in total. The van der Waals surface area contributed by atoms with E-state index in [2.05, 4.69) is 4.98 Å². The van der Waals surface area contributed by atoms with Crippen LogP contribution in [0.15, 0.2) is 128 Å². The smallest absolute Gasteiger partial charge is 0.657 e. The Hall–Kier alpha value is -4.53. The van der Waals surface area contributed by atoms with Crippen molar-refractivity contribution in [3.63, 3.8) is 0 Å². The normalized spacial score (nSPS) is 11.6. The summed E-state index contributed by atoms with van der Waals surface area (Å²) in [7, 11) is 0. The molecule has 0 fully saturated rings. The number of hydrogen-bond donors (Lipinski definition) is 0. The predicted octanol–water partition coefficient (Wildman–Crippen LogP) is 16.9. The summed E-state index contributed by atoms with van der Waals surface area (Å²) in [5.74, 6) is 0. The Bertz CT molecular complexity index is 2800. The number of fused-ring (bicyclic) bond motifs is 8. The number of aromatic nitrogens is 5. The fraction of sp³-hybridized carbons (Fsp3) is 0. The van der Waals surface area contributed by atoms with Gasteiger partial charge < -0.3 is 9.97 Å². The molecule has 63 heavy (non-hydrogen) atoms. The molecule has 0 saturated heterocycles. The van der Waals surface area contributed by atoms with E-state index < -0.39 is 0 Å². The van der Waals surface area contributed by atoms with Crippen molar-refractivity contribution in [3.05, 3.63) is 191 Å². The first-order valence-electron chi connectivity index (χ1n) is 18.8. The molecule has 0 radical (unpaired) electrons. The maximum Gasteiger partial charge on any atom is 2.00 e. The number of halogens is 8. The van der Waals surface area contributed by atoms with Crippen molar-refractivity contribution in [3.8, 4) is 44.5 Å². The molecule has 0 aliphatic carbocycles. The third-order valence-electron chi connectivity index (χ3n) is 10.0. The Labute approximate surface area is 412 Å². The van der Waals surface area contributed by atoms with Crippen LogP contribution in [0.3, 0.4) is 0 Å². The van der Waals surface area contributed by atoms with E-state index in [1.165, 1.54) is 0 Å². The molecule has 10 rings (SSSR count). The Morgan fingerprint density at radius 2 is 0.524 bits per heavy atom. The van der Waals surface area contributed by atoms with E-state index in [0.29, 0.717) is 130 Å². The van der Waals surface area contributed by atoms with Gasteiger partial charge in [0.25, 0.3) is 0 Å². The molecule has 0 spiro atoms. The van der Waals surface area contributed by atoms with Crippen LogP contribution in [0.25, 0.3) is 90.9 Å². The molecule has 8 aromatic rings. The molecule has 0 atom stereocenters. The third kappa shape index (κ3) is 8.84. The Kier molecular flexibility index (Phi) is 13.8. The van der Waals surface area contributed by atoms with Crippen molar-refractivity contribution in [2.45, 2.75) is 0 Å². The zero-order chi connectivity index (χ0) is 43.1. The Morgan fingerprint density at radius 3 is 0.714 bits per heavy atom. The van der Waals surface area contributed by atoms with Crippen molar-refractivity contribution >= 4 is 139 Å². The molecule has 0 unspecified atom stereocenters. The largest absolute Gasteiger partial charge is 2.00 e. The van der Waals surface area contributed by atoms with Crippen LogP contribution in [0.1, 0.15) is 22.8 Å². The summed E-state index contributed by atoms with van der Waals surface area (Å²) in [5, 5.41) is 3.32. The summed E-state index contributed by atoms with van der Waals surface area (Å²) in [6, 6.07) is 34.6. The molecule has 8 bridgehead atoms. The summed E-state index contributed by atoms with van der Waals surface area (Å²) >= 11 is 55.4. The molecule has 6 heterocycles. The fourth-order valence-electron chi connectivity index (χ4n) is 7.37. The van der Waals surface area contributed by atoms with Gasteiger partial charge in [-0.15, -0.1) is 22.1 Å². The maximum atomic E-state index is 6.93. The minimum Gasteiger partial charge on any atom is -0.657 e. The standard InChI is InChI=1S/C44H20Cl8N4.C5H5N.Fe/c45-21-5-1-6-22(46)37(21)41-29-13-15-31(53-29)42(38-23(47)7-2-8-24(38)48)33-17-19-35(55-33)44(40-27(51)11-4-12-28(40)52)36-20-18-34(56-36)43(32-16-14-30(41)54-32)39-25(49)9-3-10-26(39)50;1-2-4-6-5-3-1;/h1-20H;1-5H;/q-2;;+2. The van der Waals surface area contributed by atoms with Crippen molar-refractivity contribution in [1.29, 1.82) is 0 Å². The molecule has 14 heteroatoms. The maximum absolute atomic E-state index is 6.93. The number of pyridine rings is 1. The van der Waals surface area contributed by atoms with E-state index >= 15 is 0 Å². The van der Waals surface area contributed by atoms with Crippen molar-refractivity contribution < 1.29 is 17.1 Å². The van der Waals surface area contributed by atoms with Crippen molar-refractivity contribution in [2.24, 2.45) is 0 Å². The second-order valence-electron chi connectivity index (χ2n) is 13.8. The molecule has 2 aliphatic heterocycles. The van der Waals surface area contributed by atoms with Gasteiger partial charge in [0, 0.05) is 74.8 Å².